The van der Waals surface area contributed by atoms with Crippen molar-refractivity contribution >= 4 is 28.3 Å². The second-order valence-corrected chi connectivity index (χ2v) is 7.45. The molecule has 2 N–H and O–H groups in total. The Morgan fingerprint density at radius 2 is 2.10 bits per heavy atom. The number of carbonyl (C=O) groups is 2. The van der Waals surface area contributed by atoms with Crippen molar-refractivity contribution in [2.24, 2.45) is 16.7 Å². The topological polar surface area (TPSA) is 79.3 Å². The average Bonchev–Trinajstić information content (AvgIpc) is 2.83. The predicted octanol–water partition coefficient (Wildman–Crippen LogP) is 2.92. The molecule has 0 bridgehead atoms. The van der Waals surface area contributed by atoms with Gasteiger partial charge in [-0.25, -0.2) is 4.98 Å². The molecular formula is C14H20N2O3S. The fraction of sp³-hybridized carbons (Fsp3) is 0.643. The van der Waals surface area contributed by atoms with Crippen LogP contribution in [0, 0.1) is 23.7 Å². The third kappa shape index (κ3) is 2.22. The maximum absolute atomic E-state index is 12.4. The normalized spacial score (nSPS) is 28.3. The molecule has 1 saturated carbocycles. The van der Waals surface area contributed by atoms with Gasteiger partial charge in [-0.15, -0.1) is 11.3 Å². The van der Waals surface area contributed by atoms with Crippen molar-refractivity contribution in [3.63, 3.8) is 0 Å². The van der Waals surface area contributed by atoms with Crippen LogP contribution >= 0.6 is 11.3 Å². The number of amides is 1. The van der Waals surface area contributed by atoms with Crippen LogP contribution in [0.3, 0.4) is 0 Å². The first-order chi connectivity index (χ1) is 9.18. The highest BCUT2D eigenvalue weighted by Gasteiger charge is 2.58. The van der Waals surface area contributed by atoms with E-state index >= 15 is 0 Å². The molecule has 5 nitrogen and oxygen atoms in total. The molecule has 1 fully saturated rings. The quantitative estimate of drug-likeness (QED) is 0.899. The number of nitrogens with one attached hydrogen (secondary N) is 1. The van der Waals surface area contributed by atoms with E-state index in [2.05, 4.69) is 10.3 Å². The Morgan fingerprint density at radius 1 is 1.45 bits per heavy atom. The molecule has 1 aromatic rings. The Kier molecular flexibility index (Phi) is 3.62. The van der Waals surface area contributed by atoms with E-state index in [1.54, 1.807) is 13.1 Å². The van der Waals surface area contributed by atoms with Crippen molar-refractivity contribution in [1.29, 1.82) is 0 Å². The molecule has 2 rings (SSSR count). The van der Waals surface area contributed by atoms with Crippen LogP contribution in [-0.2, 0) is 9.59 Å². The Bertz CT molecular complexity index is 552. The molecule has 0 unspecified atom stereocenters. The zero-order chi connectivity index (χ0) is 15.1. The Balaban J connectivity index is 2.18. The first-order valence-electron chi connectivity index (χ1n) is 6.65. The van der Waals surface area contributed by atoms with Crippen molar-refractivity contribution in [3.05, 3.63) is 11.1 Å². The van der Waals surface area contributed by atoms with E-state index in [4.69, 9.17) is 0 Å². The van der Waals surface area contributed by atoms with Gasteiger partial charge in [0, 0.05) is 17.0 Å². The van der Waals surface area contributed by atoms with Crippen molar-refractivity contribution in [1.82, 2.24) is 4.98 Å². The molecule has 110 valence electrons. The smallest absolute Gasteiger partial charge is 0.309 e. The van der Waals surface area contributed by atoms with E-state index < -0.39 is 16.8 Å². The summed E-state index contributed by atoms with van der Waals surface area (Å²) in [5.74, 6) is -1.27. The van der Waals surface area contributed by atoms with Gasteiger partial charge in [0.05, 0.1) is 5.41 Å². The van der Waals surface area contributed by atoms with Crippen LogP contribution in [0.15, 0.2) is 6.20 Å². The lowest BCUT2D eigenvalue weighted by atomic mass is 9.65. The lowest BCUT2D eigenvalue weighted by Crippen LogP contribution is -2.43. The van der Waals surface area contributed by atoms with Crippen LogP contribution < -0.4 is 5.32 Å². The van der Waals surface area contributed by atoms with Crippen molar-refractivity contribution < 1.29 is 14.7 Å². The summed E-state index contributed by atoms with van der Waals surface area (Å²) >= 11 is 1.42. The molecule has 0 radical (unpaired) electrons. The molecule has 20 heavy (non-hydrogen) atoms. The van der Waals surface area contributed by atoms with Crippen molar-refractivity contribution in [3.8, 4) is 0 Å². The number of carbonyl (C=O) groups excluding carboxylic acids is 1. The Labute approximate surface area is 122 Å². The molecule has 1 aromatic heterocycles. The fourth-order valence-corrected chi connectivity index (χ4v) is 3.61. The molecule has 6 heteroatoms. The van der Waals surface area contributed by atoms with E-state index in [-0.39, 0.29) is 11.8 Å². The number of anilines is 1. The van der Waals surface area contributed by atoms with Gasteiger partial charge in [0.1, 0.15) is 0 Å². The van der Waals surface area contributed by atoms with Gasteiger partial charge in [0.25, 0.3) is 0 Å². The molecule has 1 aliphatic rings. The van der Waals surface area contributed by atoms with Crippen LogP contribution in [0.1, 0.15) is 38.5 Å². The van der Waals surface area contributed by atoms with Crippen molar-refractivity contribution in [2.45, 2.75) is 40.5 Å². The summed E-state index contributed by atoms with van der Waals surface area (Å²) in [7, 11) is 0. The minimum absolute atomic E-state index is 0.130. The summed E-state index contributed by atoms with van der Waals surface area (Å²) in [6.45, 7) is 7.39. The number of hydrogen-bond donors (Lipinski definition) is 2. The molecular weight excluding hydrogens is 276 g/mol. The van der Waals surface area contributed by atoms with Crippen LogP contribution in [-0.4, -0.2) is 22.0 Å². The molecule has 1 aliphatic carbocycles. The van der Waals surface area contributed by atoms with Gasteiger partial charge in [0.2, 0.25) is 5.91 Å². The summed E-state index contributed by atoms with van der Waals surface area (Å²) in [5, 5.41) is 12.8. The van der Waals surface area contributed by atoms with Gasteiger partial charge in [0.15, 0.2) is 5.13 Å². The molecule has 2 atom stereocenters. The third-order valence-corrected chi connectivity index (χ3v) is 5.69. The number of aryl methyl sites for hydroxylation is 1. The number of nitrogens with zero attached hydrogens (tertiary/aromatic N) is 1. The van der Waals surface area contributed by atoms with Gasteiger partial charge >= 0.3 is 5.97 Å². The number of hydrogen-bond acceptors (Lipinski definition) is 4. The van der Waals surface area contributed by atoms with Crippen LogP contribution in [0.5, 0.6) is 0 Å². The summed E-state index contributed by atoms with van der Waals surface area (Å²) in [6, 6.07) is 0. The second kappa shape index (κ2) is 4.84. The monoisotopic (exact) mass is 296 g/mol. The molecule has 0 spiro atoms. The number of carboxylic acids is 1. The van der Waals surface area contributed by atoms with Gasteiger partial charge < -0.3 is 10.4 Å². The molecule has 1 heterocycles. The zero-order valence-corrected chi connectivity index (χ0v) is 13.0. The average molecular weight is 296 g/mol. The van der Waals surface area contributed by atoms with Gasteiger partial charge in [-0.3, -0.25) is 9.59 Å². The minimum Gasteiger partial charge on any atom is -0.481 e. The number of aromatic nitrogens is 1. The van der Waals surface area contributed by atoms with E-state index in [1.807, 2.05) is 20.8 Å². The molecule has 0 aromatic carbocycles. The minimum atomic E-state index is -0.867. The summed E-state index contributed by atoms with van der Waals surface area (Å²) in [5.41, 5.74) is -1.46. The summed E-state index contributed by atoms with van der Waals surface area (Å²) in [6.07, 6.45) is 2.82. The molecule has 0 aliphatic heterocycles. The summed E-state index contributed by atoms with van der Waals surface area (Å²) in [4.78, 5) is 29.1. The van der Waals surface area contributed by atoms with Crippen LogP contribution in [0.4, 0.5) is 5.13 Å². The standard InChI is InChI=1S/C14H20N2O3S/c1-8-7-15-12(20-8)16-10(17)9-5-6-14(4,11(18)19)13(9,2)3/h7,9H,5-6H2,1-4H3,(H,18,19)(H,15,16,17)/t9-,14+/m1/s1. The molecule has 0 saturated heterocycles. The lowest BCUT2D eigenvalue weighted by Gasteiger charge is -2.37. The number of rotatable bonds is 3. The first-order valence-corrected chi connectivity index (χ1v) is 7.47. The predicted molar refractivity (Wildman–Crippen MR) is 77.7 cm³/mol. The first kappa shape index (κ1) is 15.0. The van der Waals surface area contributed by atoms with Crippen LogP contribution in [0.25, 0.3) is 0 Å². The third-order valence-electron chi connectivity index (χ3n) is 4.87. The highest BCUT2D eigenvalue weighted by Crippen LogP contribution is 2.56. The van der Waals surface area contributed by atoms with Crippen LogP contribution in [0.2, 0.25) is 0 Å². The van der Waals surface area contributed by atoms with Crippen molar-refractivity contribution in [2.75, 3.05) is 5.32 Å². The number of carboxylic acid groups (broad SMARTS) is 1. The maximum Gasteiger partial charge on any atom is 0.309 e. The molecule has 1 amide bonds. The fourth-order valence-electron chi connectivity index (χ4n) is 2.95. The Hall–Kier alpha value is -1.43. The maximum atomic E-state index is 12.4. The van der Waals surface area contributed by atoms with Gasteiger partial charge in [-0.1, -0.05) is 13.8 Å². The van der Waals surface area contributed by atoms with Gasteiger partial charge in [-0.05, 0) is 32.1 Å². The Morgan fingerprint density at radius 3 is 2.55 bits per heavy atom. The SMILES string of the molecule is Cc1cnc(NC(=O)[C@H]2CC[C@@](C)(C(=O)O)C2(C)C)s1. The largest absolute Gasteiger partial charge is 0.481 e. The summed E-state index contributed by atoms with van der Waals surface area (Å²) < 4.78 is 0. The van der Waals surface area contributed by atoms with E-state index in [9.17, 15) is 14.7 Å². The highest BCUT2D eigenvalue weighted by molar-refractivity contribution is 7.15. The number of thiazole rings is 1. The lowest BCUT2D eigenvalue weighted by molar-refractivity contribution is -0.154. The van der Waals surface area contributed by atoms with E-state index in [1.165, 1.54) is 11.3 Å². The second-order valence-electron chi connectivity index (χ2n) is 6.22. The van der Waals surface area contributed by atoms with Gasteiger partial charge in [-0.2, -0.15) is 0 Å². The van der Waals surface area contributed by atoms with E-state index in [0.717, 1.165) is 4.88 Å². The zero-order valence-electron chi connectivity index (χ0n) is 12.2. The number of aliphatic carboxylic acids is 1. The highest BCUT2D eigenvalue weighted by atomic mass is 32.1. The van der Waals surface area contributed by atoms with E-state index in [0.29, 0.717) is 18.0 Å².